The van der Waals surface area contributed by atoms with Crippen molar-refractivity contribution in [2.45, 2.75) is 47.2 Å². The SMILES string of the molecule is CNCCCOc1ccc(Cl)c(-c2nc(-c3c(C)noc3C)c(C)c(N3Cc4cc(C)cnc4C3)n2)c1. The van der Waals surface area contributed by atoms with Crippen molar-refractivity contribution in [1.29, 1.82) is 0 Å². The minimum atomic E-state index is 0.529. The number of aromatic nitrogens is 4. The lowest BCUT2D eigenvalue weighted by Gasteiger charge is -2.22. The second-order valence-electron chi connectivity index (χ2n) is 9.47. The van der Waals surface area contributed by atoms with E-state index in [2.05, 4.69) is 33.3 Å². The van der Waals surface area contributed by atoms with Crippen LogP contribution in [0.4, 0.5) is 5.82 Å². The van der Waals surface area contributed by atoms with Crippen molar-refractivity contribution in [2.24, 2.45) is 0 Å². The molecular formula is C28H31ClN6O2. The van der Waals surface area contributed by atoms with Crippen molar-refractivity contribution in [1.82, 2.24) is 25.4 Å². The molecule has 5 rings (SSSR count). The van der Waals surface area contributed by atoms with Gasteiger partial charge in [0.15, 0.2) is 5.82 Å². The van der Waals surface area contributed by atoms with Crippen LogP contribution in [-0.4, -0.2) is 40.3 Å². The average molecular weight is 519 g/mol. The van der Waals surface area contributed by atoms with Crippen LogP contribution in [0.3, 0.4) is 0 Å². The molecule has 1 aromatic carbocycles. The van der Waals surface area contributed by atoms with E-state index in [1.54, 1.807) is 0 Å². The lowest BCUT2D eigenvalue weighted by Crippen LogP contribution is -2.19. The summed E-state index contributed by atoms with van der Waals surface area (Å²) < 4.78 is 11.5. The molecule has 4 heterocycles. The molecule has 4 aromatic rings. The van der Waals surface area contributed by atoms with E-state index in [4.69, 9.17) is 30.8 Å². The van der Waals surface area contributed by atoms with Gasteiger partial charge in [-0.15, -0.1) is 0 Å². The molecule has 0 fully saturated rings. The molecule has 1 N–H and O–H groups in total. The van der Waals surface area contributed by atoms with Crippen molar-refractivity contribution in [3.8, 4) is 28.4 Å². The number of halogens is 1. The fraction of sp³-hybridized carbons (Fsp3) is 0.357. The zero-order chi connectivity index (χ0) is 26.1. The summed E-state index contributed by atoms with van der Waals surface area (Å²) in [5, 5.41) is 7.87. The van der Waals surface area contributed by atoms with Gasteiger partial charge >= 0.3 is 0 Å². The van der Waals surface area contributed by atoms with E-state index in [9.17, 15) is 0 Å². The van der Waals surface area contributed by atoms with E-state index < -0.39 is 0 Å². The summed E-state index contributed by atoms with van der Waals surface area (Å²) in [6.07, 6.45) is 2.82. The van der Waals surface area contributed by atoms with Gasteiger partial charge < -0.3 is 19.5 Å². The van der Waals surface area contributed by atoms with Crippen molar-refractivity contribution >= 4 is 17.4 Å². The Bertz CT molecular complexity index is 1430. The molecule has 0 amide bonds. The Morgan fingerprint density at radius 3 is 2.70 bits per heavy atom. The molecule has 37 heavy (non-hydrogen) atoms. The first-order chi connectivity index (χ1) is 17.9. The van der Waals surface area contributed by atoms with Gasteiger partial charge in [0.2, 0.25) is 0 Å². The summed E-state index contributed by atoms with van der Waals surface area (Å²) >= 11 is 6.70. The predicted octanol–water partition coefficient (Wildman–Crippen LogP) is 5.59. The monoisotopic (exact) mass is 518 g/mol. The number of hydrogen-bond donors (Lipinski definition) is 1. The van der Waals surface area contributed by atoms with Gasteiger partial charge in [-0.2, -0.15) is 0 Å². The van der Waals surface area contributed by atoms with E-state index in [0.717, 1.165) is 64.8 Å². The van der Waals surface area contributed by atoms with Gasteiger partial charge in [-0.1, -0.05) is 22.8 Å². The first kappa shape index (κ1) is 25.2. The van der Waals surface area contributed by atoms with Crippen LogP contribution < -0.4 is 15.0 Å². The first-order valence-corrected chi connectivity index (χ1v) is 12.8. The minimum absolute atomic E-state index is 0.529. The summed E-state index contributed by atoms with van der Waals surface area (Å²) in [7, 11) is 1.93. The van der Waals surface area contributed by atoms with E-state index in [-0.39, 0.29) is 0 Å². The molecule has 0 saturated carbocycles. The highest BCUT2D eigenvalue weighted by Gasteiger charge is 2.27. The number of benzene rings is 1. The molecule has 0 saturated heterocycles. The van der Waals surface area contributed by atoms with Gasteiger partial charge in [0.1, 0.15) is 17.3 Å². The Hall–Kier alpha value is -3.49. The number of aryl methyl sites for hydroxylation is 3. The fourth-order valence-electron chi connectivity index (χ4n) is 4.73. The van der Waals surface area contributed by atoms with Gasteiger partial charge in [0, 0.05) is 23.9 Å². The van der Waals surface area contributed by atoms with Crippen molar-refractivity contribution in [2.75, 3.05) is 25.1 Å². The Kier molecular flexibility index (Phi) is 7.13. The molecule has 0 bridgehead atoms. The summed E-state index contributed by atoms with van der Waals surface area (Å²) in [4.78, 5) is 17.0. The van der Waals surface area contributed by atoms with Crippen LogP contribution in [0, 0.1) is 27.7 Å². The van der Waals surface area contributed by atoms with Crippen molar-refractivity contribution < 1.29 is 9.26 Å². The number of hydrogen-bond acceptors (Lipinski definition) is 8. The smallest absolute Gasteiger partial charge is 0.163 e. The number of rotatable bonds is 8. The van der Waals surface area contributed by atoms with Crippen LogP contribution in [0.2, 0.25) is 5.02 Å². The molecule has 0 spiro atoms. The Morgan fingerprint density at radius 2 is 1.95 bits per heavy atom. The normalized spacial score (nSPS) is 12.8. The van der Waals surface area contributed by atoms with Crippen LogP contribution in [0.25, 0.3) is 22.6 Å². The molecule has 1 aliphatic rings. The molecule has 9 heteroatoms. The zero-order valence-corrected chi connectivity index (χ0v) is 22.6. The second-order valence-corrected chi connectivity index (χ2v) is 9.87. The van der Waals surface area contributed by atoms with Gasteiger partial charge in [-0.25, -0.2) is 9.97 Å². The molecular weight excluding hydrogens is 488 g/mol. The van der Waals surface area contributed by atoms with E-state index in [1.165, 1.54) is 5.56 Å². The number of nitrogens with zero attached hydrogens (tertiary/aromatic N) is 5. The summed E-state index contributed by atoms with van der Waals surface area (Å²) in [6, 6.07) is 7.82. The molecule has 0 aliphatic carbocycles. The van der Waals surface area contributed by atoms with Crippen molar-refractivity contribution in [3.05, 3.63) is 69.3 Å². The van der Waals surface area contributed by atoms with Gasteiger partial charge in [0.25, 0.3) is 0 Å². The van der Waals surface area contributed by atoms with Gasteiger partial charge in [-0.3, -0.25) is 4.98 Å². The highest BCUT2D eigenvalue weighted by atomic mass is 35.5. The molecule has 0 atom stereocenters. The largest absolute Gasteiger partial charge is 0.494 e. The predicted molar refractivity (Wildman–Crippen MR) is 145 cm³/mol. The molecule has 192 valence electrons. The van der Waals surface area contributed by atoms with Gasteiger partial charge in [0.05, 0.1) is 40.8 Å². The molecule has 1 aliphatic heterocycles. The Balaban J connectivity index is 1.61. The van der Waals surface area contributed by atoms with Crippen molar-refractivity contribution in [3.63, 3.8) is 0 Å². The number of fused-ring (bicyclic) bond motifs is 1. The highest BCUT2D eigenvalue weighted by molar-refractivity contribution is 6.33. The standard InChI is InChI=1S/C28H31ClN6O2/c1-16-11-20-14-35(15-24(20)31-13-16)28-17(2)26(25-18(3)34-37-19(25)4)32-27(33-28)22-12-21(7-8-23(22)29)36-10-6-9-30-5/h7-8,11-13,30H,6,9-10,14-15H2,1-5H3. The van der Waals surface area contributed by atoms with Crippen LogP contribution in [0.1, 0.15) is 40.3 Å². The number of pyridine rings is 1. The third-order valence-electron chi connectivity index (χ3n) is 6.61. The van der Waals surface area contributed by atoms with E-state index >= 15 is 0 Å². The molecule has 3 aromatic heterocycles. The van der Waals surface area contributed by atoms with Crippen LogP contribution in [-0.2, 0) is 13.1 Å². The number of anilines is 1. The van der Waals surface area contributed by atoms with E-state index in [0.29, 0.717) is 35.3 Å². The van der Waals surface area contributed by atoms with Gasteiger partial charge in [-0.05, 0) is 77.0 Å². The zero-order valence-electron chi connectivity index (χ0n) is 21.9. The number of ether oxygens (including phenoxy) is 1. The third kappa shape index (κ3) is 5.04. The third-order valence-corrected chi connectivity index (χ3v) is 6.94. The van der Waals surface area contributed by atoms with Crippen LogP contribution in [0.15, 0.2) is 35.0 Å². The fourth-order valence-corrected chi connectivity index (χ4v) is 4.93. The maximum atomic E-state index is 6.70. The minimum Gasteiger partial charge on any atom is -0.494 e. The lowest BCUT2D eigenvalue weighted by atomic mass is 10.0. The molecule has 8 nitrogen and oxygen atoms in total. The Labute approximate surface area is 222 Å². The van der Waals surface area contributed by atoms with Crippen LogP contribution in [0.5, 0.6) is 5.75 Å². The molecule has 0 unspecified atom stereocenters. The topological polar surface area (TPSA) is 89.2 Å². The number of nitrogens with one attached hydrogen (secondary N) is 1. The summed E-state index contributed by atoms with van der Waals surface area (Å²) in [5.41, 5.74) is 7.55. The maximum Gasteiger partial charge on any atom is 0.163 e. The van der Waals surface area contributed by atoms with E-state index in [1.807, 2.05) is 52.2 Å². The lowest BCUT2D eigenvalue weighted by molar-refractivity contribution is 0.310. The quantitative estimate of drug-likeness (QED) is 0.302. The summed E-state index contributed by atoms with van der Waals surface area (Å²) in [5.74, 6) is 2.81. The Morgan fingerprint density at radius 1 is 1.11 bits per heavy atom. The molecule has 0 radical (unpaired) electrons. The second kappa shape index (κ2) is 10.5. The highest BCUT2D eigenvalue weighted by Crippen LogP contribution is 2.38. The average Bonchev–Trinajstić information content (AvgIpc) is 3.45. The maximum absolute atomic E-state index is 6.70. The summed E-state index contributed by atoms with van der Waals surface area (Å²) in [6.45, 7) is 10.8. The van der Waals surface area contributed by atoms with Crippen LogP contribution >= 0.6 is 11.6 Å². The first-order valence-electron chi connectivity index (χ1n) is 12.4.